The highest BCUT2D eigenvalue weighted by molar-refractivity contribution is 7.85. The highest BCUT2D eigenvalue weighted by Gasteiger charge is 2.35. The molecule has 2 rings (SSSR count). The van der Waals surface area contributed by atoms with E-state index in [0.717, 1.165) is 5.56 Å². The van der Waals surface area contributed by atoms with Crippen LogP contribution in [0.3, 0.4) is 0 Å². The molecule has 0 saturated heterocycles. The zero-order chi connectivity index (χ0) is 10.3. The molecule has 1 aromatic carbocycles. The zero-order valence-electron chi connectivity index (χ0n) is 8.34. The van der Waals surface area contributed by atoms with E-state index in [1.165, 1.54) is 0 Å². The SMILES string of the molecule is Cc1cccc2c1S(=O)CCC2(C)F. The number of aryl methyl sites for hydroxylation is 1. The molecule has 0 aliphatic carbocycles. The molecule has 2 unspecified atom stereocenters. The summed E-state index contributed by atoms with van der Waals surface area (Å²) in [5, 5.41) is 0. The van der Waals surface area contributed by atoms with Crippen LogP contribution < -0.4 is 0 Å². The van der Waals surface area contributed by atoms with Gasteiger partial charge in [0, 0.05) is 16.2 Å². The summed E-state index contributed by atoms with van der Waals surface area (Å²) < 4.78 is 25.8. The smallest absolute Gasteiger partial charge is 0.135 e. The third kappa shape index (κ3) is 1.40. The Morgan fingerprint density at radius 1 is 1.50 bits per heavy atom. The maximum atomic E-state index is 14.1. The number of benzene rings is 1. The fourth-order valence-electron chi connectivity index (χ4n) is 1.89. The largest absolute Gasteiger partial charge is 0.254 e. The van der Waals surface area contributed by atoms with E-state index in [2.05, 4.69) is 0 Å². The number of alkyl halides is 1. The van der Waals surface area contributed by atoms with Crippen LogP contribution in [0.2, 0.25) is 0 Å². The first kappa shape index (κ1) is 9.84. The summed E-state index contributed by atoms with van der Waals surface area (Å²) in [4.78, 5) is 0.712. The lowest BCUT2D eigenvalue weighted by Gasteiger charge is -2.28. The van der Waals surface area contributed by atoms with Crippen molar-refractivity contribution < 1.29 is 8.60 Å². The lowest BCUT2D eigenvalue weighted by molar-refractivity contribution is 0.179. The van der Waals surface area contributed by atoms with Crippen LogP contribution in [0.5, 0.6) is 0 Å². The van der Waals surface area contributed by atoms with E-state index in [-0.39, 0.29) is 0 Å². The predicted molar refractivity (Wildman–Crippen MR) is 55.5 cm³/mol. The lowest BCUT2D eigenvalue weighted by atomic mass is 9.93. The summed E-state index contributed by atoms with van der Waals surface area (Å²) in [6, 6.07) is 5.46. The molecule has 1 heterocycles. The molecule has 14 heavy (non-hydrogen) atoms. The quantitative estimate of drug-likeness (QED) is 0.646. The number of rotatable bonds is 0. The minimum atomic E-state index is -1.31. The minimum absolute atomic E-state index is 0.357. The molecule has 0 fully saturated rings. The molecule has 0 N–H and O–H groups in total. The maximum Gasteiger partial charge on any atom is 0.135 e. The molecule has 0 radical (unpaired) electrons. The van der Waals surface area contributed by atoms with Crippen LogP contribution in [0.25, 0.3) is 0 Å². The van der Waals surface area contributed by atoms with Crippen LogP contribution in [0.4, 0.5) is 4.39 Å². The Hall–Kier alpha value is -0.700. The molecule has 0 spiro atoms. The van der Waals surface area contributed by atoms with Crippen molar-refractivity contribution in [3.05, 3.63) is 29.3 Å². The van der Waals surface area contributed by atoms with Gasteiger partial charge in [0.05, 0.1) is 10.8 Å². The molecule has 1 aliphatic rings. The van der Waals surface area contributed by atoms with E-state index < -0.39 is 16.5 Å². The van der Waals surface area contributed by atoms with Crippen molar-refractivity contribution in [2.75, 3.05) is 5.75 Å². The fraction of sp³-hybridized carbons (Fsp3) is 0.455. The molecule has 1 aliphatic heterocycles. The topological polar surface area (TPSA) is 17.1 Å². The Bertz CT molecular complexity index is 398. The monoisotopic (exact) mass is 212 g/mol. The number of hydrogen-bond acceptors (Lipinski definition) is 1. The molecular formula is C11H13FOS. The van der Waals surface area contributed by atoms with Crippen molar-refractivity contribution in [1.29, 1.82) is 0 Å². The molecule has 0 amide bonds. The standard InChI is InChI=1S/C11H13FOS/c1-8-4-3-5-9-10(8)14(13)7-6-11(9,2)12/h3-5H,6-7H2,1-2H3. The molecule has 0 saturated carbocycles. The van der Waals surface area contributed by atoms with Gasteiger partial charge in [0.25, 0.3) is 0 Å². The van der Waals surface area contributed by atoms with Gasteiger partial charge in [-0.05, 0) is 25.8 Å². The van der Waals surface area contributed by atoms with E-state index in [1.54, 1.807) is 13.0 Å². The van der Waals surface area contributed by atoms with E-state index in [0.29, 0.717) is 22.6 Å². The van der Waals surface area contributed by atoms with Gasteiger partial charge in [-0.25, -0.2) is 4.39 Å². The molecule has 1 nitrogen and oxygen atoms in total. The van der Waals surface area contributed by atoms with Gasteiger partial charge in [0.15, 0.2) is 0 Å². The molecule has 2 atom stereocenters. The van der Waals surface area contributed by atoms with E-state index in [4.69, 9.17) is 0 Å². The van der Waals surface area contributed by atoms with Crippen molar-refractivity contribution >= 4 is 10.8 Å². The zero-order valence-corrected chi connectivity index (χ0v) is 9.16. The second-order valence-corrected chi connectivity index (χ2v) is 5.46. The molecule has 3 heteroatoms. The van der Waals surface area contributed by atoms with E-state index in [1.807, 2.05) is 19.1 Å². The first-order valence-corrected chi connectivity index (χ1v) is 6.01. The summed E-state index contributed by atoms with van der Waals surface area (Å²) in [5.74, 6) is 0.435. The fourth-order valence-corrected chi connectivity index (χ4v) is 3.61. The molecule has 76 valence electrons. The summed E-state index contributed by atoms with van der Waals surface area (Å²) >= 11 is 0. The Labute approximate surface area is 85.8 Å². The van der Waals surface area contributed by atoms with Crippen molar-refractivity contribution in [2.24, 2.45) is 0 Å². The summed E-state index contributed by atoms with van der Waals surface area (Å²) in [5.41, 5.74) is 0.237. The van der Waals surface area contributed by atoms with Gasteiger partial charge in [0.1, 0.15) is 5.67 Å². The van der Waals surface area contributed by atoms with Crippen LogP contribution in [-0.2, 0) is 16.5 Å². The lowest BCUT2D eigenvalue weighted by Crippen LogP contribution is -2.26. The average Bonchev–Trinajstić information content (AvgIpc) is 2.12. The number of halogens is 1. The number of hydrogen-bond donors (Lipinski definition) is 0. The Morgan fingerprint density at radius 3 is 2.86 bits per heavy atom. The van der Waals surface area contributed by atoms with Gasteiger partial charge in [-0.2, -0.15) is 0 Å². The Kier molecular flexibility index (Phi) is 2.22. The van der Waals surface area contributed by atoms with Crippen LogP contribution in [0.1, 0.15) is 24.5 Å². The van der Waals surface area contributed by atoms with Crippen LogP contribution in [0, 0.1) is 6.92 Å². The van der Waals surface area contributed by atoms with Crippen molar-refractivity contribution in [3.8, 4) is 0 Å². The van der Waals surface area contributed by atoms with Gasteiger partial charge >= 0.3 is 0 Å². The van der Waals surface area contributed by atoms with Gasteiger partial charge in [0.2, 0.25) is 0 Å². The first-order chi connectivity index (χ1) is 6.52. The molecule has 1 aromatic rings. The highest BCUT2D eigenvalue weighted by atomic mass is 32.2. The van der Waals surface area contributed by atoms with E-state index in [9.17, 15) is 8.60 Å². The minimum Gasteiger partial charge on any atom is -0.254 e. The summed E-state index contributed by atoms with van der Waals surface area (Å²) in [6.45, 7) is 3.46. The second kappa shape index (κ2) is 3.16. The van der Waals surface area contributed by atoms with Crippen molar-refractivity contribution in [1.82, 2.24) is 0 Å². The van der Waals surface area contributed by atoms with E-state index >= 15 is 0 Å². The Morgan fingerprint density at radius 2 is 2.21 bits per heavy atom. The molecule has 0 aromatic heterocycles. The predicted octanol–water partition coefficient (Wildman–Crippen LogP) is 2.69. The average molecular weight is 212 g/mol. The summed E-state index contributed by atoms with van der Waals surface area (Å²) in [7, 11) is -1.01. The van der Waals surface area contributed by atoms with Crippen LogP contribution in [0.15, 0.2) is 23.1 Å². The first-order valence-electron chi connectivity index (χ1n) is 4.70. The van der Waals surface area contributed by atoms with Crippen molar-refractivity contribution in [3.63, 3.8) is 0 Å². The maximum absolute atomic E-state index is 14.1. The van der Waals surface area contributed by atoms with Gasteiger partial charge in [-0.1, -0.05) is 18.2 Å². The molecule has 0 bridgehead atoms. The van der Waals surface area contributed by atoms with Gasteiger partial charge in [-0.3, -0.25) is 4.21 Å². The van der Waals surface area contributed by atoms with Crippen molar-refractivity contribution in [2.45, 2.75) is 30.8 Å². The third-order valence-electron chi connectivity index (χ3n) is 2.76. The molecular weight excluding hydrogens is 199 g/mol. The second-order valence-electron chi connectivity index (χ2n) is 3.95. The Balaban J connectivity index is 2.69. The van der Waals surface area contributed by atoms with Gasteiger partial charge < -0.3 is 0 Å². The van der Waals surface area contributed by atoms with Gasteiger partial charge in [-0.15, -0.1) is 0 Å². The highest BCUT2D eigenvalue weighted by Crippen LogP contribution is 2.39. The van der Waals surface area contributed by atoms with Crippen LogP contribution in [-0.4, -0.2) is 9.96 Å². The van der Waals surface area contributed by atoms with Crippen LogP contribution >= 0.6 is 0 Å². The number of fused-ring (bicyclic) bond motifs is 1. The third-order valence-corrected chi connectivity index (χ3v) is 4.33. The summed E-state index contributed by atoms with van der Waals surface area (Å²) in [6.07, 6.45) is 0.357. The normalized spacial score (nSPS) is 31.2.